The molecule has 11 heteroatoms. The first-order chi connectivity index (χ1) is 14.1. The van der Waals surface area contributed by atoms with E-state index in [0.717, 1.165) is 40.8 Å². The van der Waals surface area contributed by atoms with Crippen molar-refractivity contribution >= 4 is 29.3 Å². The van der Waals surface area contributed by atoms with Crippen LogP contribution in [0.5, 0.6) is 0 Å². The first-order valence-corrected chi connectivity index (χ1v) is 11.1. The number of rotatable bonds is 3. The van der Waals surface area contributed by atoms with E-state index in [2.05, 4.69) is 20.5 Å². The molecule has 0 aromatic carbocycles. The molecule has 2 atom stereocenters. The van der Waals surface area contributed by atoms with Crippen molar-refractivity contribution in [2.75, 3.05) is 6.54 Å². The summed E-state index contributed by atoms with van der Waals surface area (Å²) in [5.41, 5.74) is -0.563. The highest BCUT2D eigenvalue weighted by molar-refractivity contribution is 7.11. The van der Waals surface area contributed by atoms with Crippen LogP contribution in [0.25, 0.3) is 0 Å². The average molecular weight is 437 g/mol. The molecule has 0 spiro atoms. The summed E-state index contributed by atoms with van der Waals surface area (Å²) < 4.78 is 5.20. The summed E-state index contributed by atoms with van der Waals surface area (Å²) in [7, 11) is 0. The Hall–Kier alpha value is -2.27. The number of amides is 3. The van der Waals surface area contributed by atoms with Crippen LogP contribution in [0.2, 0.25) is 0 Å². The van der Waals surface area contributed by atoms with Gasteiger partial charge in [0.05, 0.1) is 12.1 Å². The number of piperidine rings is 1. The quantitative estimate of drug-likeness (QED) is 0.424. The summed E-state index contributed by atoms with van der Waals surface area (Å²) in [4.78, 5) is 29.6. The number of aliphatic imine (C=N–C) groups is 1. The van der Waals surface area contributed by atoms with Crippen LogP contribution < -0.4 is 5.32 Å². The van der Waals surface area contributed by atoms with Gasteiger partial charge in [-0.1, -0.05) is 11.3 Å². The van der Waals surface area contributed by atoms with Crippen molar-refractivity contribution in [1.82, 2.24) is 25.5 Å². The van der Waals surface area contributed by atoms with E-state index in [0.29, 0.717) is 18.3 Å². The largest absolute Gasteiger partial charge is 0.442 e. The van der Waals surface area contributed by atoms with Gasteiger partial charge in [-0.15, -0.1) is 10.2 Å². The maximum Gasteiger partial charge on any atom is 0.435 e. The van der Waals surface area contributed by atoms with Crippen LogP contribution in [-0.4, -0.2) is 67.6 Å². The van der Waals surface area contributed by atoms with Crippen LogP contribution in [-0.2, 0) is 4.74 Å². The third-order valence-electron chi connectivity index (χ3n) is 5.64. The number of hydroxylamine groups is 2. The lowest BCUT2D eigenvalue weighted by Gasteiger charge is -2.34. The number of fused-ring (bicyclic) bond motifs is 2. The second kappa shape index (κ2) is 7.77. The van der Waals surface area contributed by atoms with E-state index < -0.39 is 11.7 Å². The molecule has 1 aromatic heterocycles. The Bertz CT molecular complexity index is 859. The van der Waals surface area contributed by atoms with Gasteiger partial charge in [0, 0.05) is 18.5 Å². The van der Waals surface area contributed by atoms with Crippen LogP contribution in [0.1, 0.15) is 75.4 Å². The number of carbonyl (C=O) groups excluding carboxylic acids is 2. The van der Waals surface area contributed by atoms with Gasteiger partial charge in [-0.05, 0) is 53.4 Å². The van der Waals surface area contributed by atoms with E-state index >= 15 is 0 Å². The predicted octanol–water partition coefficient (Wildman–Crippen LogP) is 3.06. The molecule has 30 heavy (non-hydrogen) atoms. The first-order valence-electron chi connectivity index (χ1n) is 10.3. The highest BCUT2D eigenvalue weighted by Gasteiger charge is 2.46. The van der Waals surface area contributed by atoms with Gasteiger partial charge in [0.1, 0.15) is 21.5 Å². The number of nitrogens with one attached hydrogen (secondary N) is 1. The smallest absolute Gasteiger partial charge is 0.435 e. The second-order valence-electron chi connectivity index (χ2n) is 9.19. The molecule has 0 radical (unpaired) electrons. The summed E-state index contributed by atoms with van der Waals surface area (Å²) in [6, 6.07) is -0.321. The molecule has 2 aliphatic heterocycles. The van der Waals surface area contributed by atoms with Gasteiger partial charge in [0.2, 0.25) is 0 Å². The Balaban J connectivity index is 1.29. The molecule has 3 fully saturated rings. The highest BCUT2D eigenvalue weighted by atomic mass is 32.1. The van der Waals surface area contributed by atoms with Crippen LogP contribution in [0.4, 0.5) is 9.59 Å². The maximum absolute atomic E-state index is 12.2. The zero-order valence-corrected chi connectivity index (χ0v) is 18.5. The highest BCUT2D eigenvalue weighted by Crippen LogP contribution is 2.42. The SMILES string of the molecule is C/C(=N/C(=O)OC(C)(C)C)N[C@H]1C[C@@H](c2nnc([C@@H]3CC[C@@H]4CN3C(=O)N4O)s2)C1. The molecule has 10 nitrogen and oxygen atoms in total. The molecule has 3 aliphatic rings. The Morgan fingerprint density at radius 2 is 1.97 bits per heavy atom. The van der Waals surface area contributed by atoms with Crippen molar-refractivity contribution in [3.05, 3.63) is 10.0 Å². The zero-order chi connectivity index (χ0) is 21.6. The van der Waals surface area contributed by atoms with Crippen LogP contribution >= 0.6 is 11.3 Å². The van der Waals surface area contributed by atoms with Crippen LogP contribution in [0.3, 0.4) is 0 Å². The fourth-order valence-electron chi connectivity index (χ4n) is 4.14. The normalized spacial score (nSPS) is 29.1. The molecule has 1 aliphatic carbocycles. The van der Waals surface area contributed by atoms with E-state index in [-0.39, 0.29) is 24.2 Å². The molecule has 1 saturated carbocycles. The van der Waals surface area contributed by atoms with E-state index in [1.807, 2.05) is 0 Å². The summed E-state index contributed by atoms with van der Waals surface area (Å²) in [5, 5.41) is 24.5. The van der Waals surface area contributed by atoms with E-state index in [9.17, 15) is 14.8 Å². The van der Waals surface area contributed by atoms with Crippen molar-refractivity contribution in [2.45, 2.75) is 83.0 Å². The van der Waals surface area contributed by atoms with Gasteiger partial charge in [-0.25, -0.2) is 14.7 Å². The first kappa shape index (κ1) is 21.0. The monoisotopic (exact) mass is 436 g/mol. The van der Waals surface area contributed by atoms with Crippen LogP contribution in [0.15, 0.2) is 4.99 Å². The number of hydrogen-bond acceptors (Lipinski definition) is 7. The fourth-order valence-corrected chi connectivity index (χ4v) is 5.26. The molecule has 2 N–H and O–H groups in total. The molecule has 3 heterocycles. The van der Waals surface area contributed by atoms with Gasteiger partial charge < -0.3 is 15.0 Å². The lowest BCUT2D eigenvalue weighted by molar-refractivity contribution is -0.0584. The Labute approximate surface area is 179 Å². The lowest BCUT2D eigenvalue weighted by atomic mass is 9.81. The minimum absolute atomic E-state index is 0.102. The third-order valence-corrected chi connectivity index (χ3v) is 6.83. The summed E-state index contributed by atoms with van der Waals surface area (Å²) in [5.74, 6) is 0.853. The molecule has 2 saturated heterocycles. The van der Waals surface area contributed by atoms with Gasteiger partial charge in [0.25, 0.3) is 0 Å². The van der Waals surface area contributed by atoms with E-state index in [1.165, 1.54) is 0 Å². The van der Waals surface area contributed by atoms with Gasteiger partial charge >= 0.3 is 12.1 Å². The lowest BCUT2D eigenvalue weighted by Crippen LogP contribution is -2.42. The number of hydrogen-bond donors (Lipinski definition) is 2. The van der Waals surface area contributed by atoms with E-state index in [1.54, 1.807) is 43.9 Å². The number of carbonyl (C=O) groups is 2. The minimum atomic E-state index is -0.593. The number of nitrogens with zero attached hydrogens (tertiary/aromatic N) is 5. The average Bonchev–Trinajstić information content (AvgIpc) is 3.17. The molecule has 2 bridgehead atoms. The van der Waals surface area contributed by atoms with Crippen molar-refractivity contribution < 1.29 is 19.5 Å². The molecular formula is C19H28N6O4S. The Kier molecular flexibility index (Phi) is 5.43. The summed E-state index contributed by atoms with van der Waals surface area (Å²) in [6.45, 7) is 7.72. The molecule has 3 amide bonds. The van der Waals surface area contributed by atoms with E-state index in [4.69, 9.17) is 4.74 Å². The number of aromatic nitrogens is 2. The Morgan fingerprint density at radius 1 is 1.27 bits per heavy atom. The molecule has 1 aromatic rings. The standard InChI is InChI=1S/C19H28N6O4S/c1-10(21-17(26)29-19(2,3)4)20-12-7-11(8-12)15-22-23-16(30-15)14-6-5-13-9-24(14)18(27)25(13)28/h11-14,28H,5-9H2,1-4H3,(H,20,21,26)/t11-,12+,13-,14+/m1/s1. The maximum atomic E-state index is 12.2. The van der Waals surface area contributed by atoms with Gasteiger partial charge in [-0.2, -0.15) is 4.99 Å². The molecule has 0 unspecified atom stereocenters. The number of urea groups is 1. The molecule has 164 valence electrons. The fraction of sp³-hybridized carbons (Fsp3) is 0.737. The van der Waals surface area contributed by atoms with Crippen LogP contribution in [0, 0.1) is 0 Å². The topological polar surface area (TPSA) is 120 Å². The van der Waals surface area contributed by atoms with Gasteiger partial charge in [0.15, 0.2) is 0 Å². The Morgan fingerprint density at radius 3 is 2.67 bits per heavy atom. The number of ether oxygens (including phenoxy) is 1. The third kappa shape index (κ3) is 4.27. The van der Waals surface area contributed by atoms with Crippen molar-refractivity contribution in [1.29, 1.82) is 0 Å². The van der Waals surface area contributed by atoms with Gasteiger partial charge in [-0.3, -0.25) is 5.21 Å². The van der Waals surface area contributed by atoms with Crippen molar-refractivity contribution in [2.24, 2.45) is 4.99 Å². The minimum Gasteiger partial charge on any atom is -0.442 e. The zero-order valence-electron chi connectivity index (χ0n) is 17.7. The van der Waals surface area contributed by atoms with Crippen molar-refractivity contribution in [3.63, 3.8) is 0 Å². The summed E-state index contributed by atoms with van der Waals surface area (Å²) in [6.07, 6.45) is 2.73. The molecule has 4 rings (SSSR count). The summed E-state index contributed by atoms with van der Waals surface area (Å²) >= 11 is 1.55. The predicted molar refractivity (Wildman–Crippen MR) is 110 cm³/mol. The molecular weight excluding hydrogens is 408 g/mol. The second-order valence-corrected chi connectivity index (χ2v) is 10.2. The van der Waals surface area contributed by atoms with Crippen molar-refractivity contribution in [3.8, 4) is 0 Å². The number of amidine groups is 1.